The molecule has 0 bridgehead atoms. The number of para-hydroxylation sites is 1. The summed E-state index contributed by atoms with van der Waals surface area (Å²) in [5.41, 5.74) is 2.11. The Hall–Kier alpha value is -2.73. The van der Waals surface area contributed by atoms with Crippen molar-refractivity contribution in [2.45, 2.75) is 25.4 Å². The van der Waals surface area contributed by atoms with Crippen LogP contribution in [0.15, 0.2) is 48.8 Å². The van der Waals surface area contributed by atoms with Gasteiger partial charge in [0.1, 0.15) is 6.61 Å². The van der Waals surface area contributed by atoms with Crippen LogP contribution < -0.4 is 4.90 Å². The molecule has 1 aromatic heterocycles. The molecule has 6 nitrogen and oxygen atoms in total. The average Bonchev–Trinajstić information content (AvgIpc) is 2.71. The fourth-order valence-corrected chi connectivity index (χ4v) is 3.83. The van der Waals surface area contributed by atoms with E-state index in [0.717, 1.165) is 11.3 Å². The molecule has 1 aromatic carbocycles. The summed E-state index contributed by atoms with van der Waals surface area (Å²) in [6.07, 6.45) is 4.79. The molecule has 6 heteroatoms. The molecule has 2 aromatic rings. The first-order valence-corrected chi connectivity index (χ1v) is 9.27. The van der Waals surface area contributed by atoms with Gasteiger partial charge in [-0.2, -0.15) is 0 Å². The summed E-state index contributed by atoms with van der Waals surface area (Å²) in [6, 6.07) is 11.6. The number of carbonyl (C=O) groups is 2. The third-order valence-electron chi connectivity index (χ3n) is 5.40. The number of hydrogen-bond acceptors (Lipinski definition) is 4. The number of nitrogens with zero attached hydrogens (tertiary/aromatic N) is 3. The van der Waals surface area contributed by atoms with Crippen molar-refractivity contribution in [2.24, 2.45) is 0 Å². The second-order valence-corrected chi connectivity index (χ2v) is 7.33. The second-order valence-electron chi connectivity index (χ2n) is 7.33. The van der Waals surface area contributed by atoms with Crippen molar-refractivity contribution in [1.29, 1.82) is 0 Å². The lowest BCUT2D eigenvalue weighted by molar-refractivity contribution is -0.143. The van der Waals surface area contributed by atoms with Gasteiger partial charge in [0.2, 0.25) is 0 Å². The zero-order valence-electron chi connectivity index (χ0n) is 15.4. The minimum atomic E-state index is -0.384. The van der Waals surface area contributed by atoms with Crippen LogP contribution in [0, 0.1) is 6.92 Å². The fourth-order valence-electron chi connectivity index (χ4n) is 3.83. The largest absolute Gasteiger partial charge is 0.363 e. The van der Waals surface area contributed by atoms with Gasteiger partial charge in [-0.15, -0.1) is 0 Å². The Balaban J connectivity index is 1.45. The third-order valence-corrected chi connectivity index (χ3v) is 5.40. The number of rotatable bonds is 2. The van der Waals surface area contributed by atoms with Crippen molar-refractivity contribution in [2.75, 3.05) is 31.1 Å². The van der Waals surface area contributed by atoms with Crippen molar-refractivity contribution in [3.63, 3.8) is 0 Å². The summed E-state index contributed by atoms with van der Waals surface area (Å²) in [5, 5.41) is 0. The predicted octanol–water partition coefficient (Wildman–Crippen LogP) is 2.43. The van der Waals surface area contributed by atoms with Crippen molar-refractivity contribution < 1.29 is 14.3 Å². The number of piperidine rings is 1. The first-order chi connectivity index (χ1) is 13.1. The molecule has 4 rings (SSSR count). The minimum absolute atomic E-state index is 0.00727. The first-order valence-electron chi connectivity index (χ1n) is 9.27. The summed E-state index contributed by atoms with van der Waals surface area (Å²) >= 11 is 0. The number of anilines is 1. The molecule has 0 atom stereocenters. The summed E-state index contributed by atoms with van der Waals surface area (Å²) in [5.74, 6) is -0.0102. The number of carbonyl (C=O) groups excluding carboxylic acids is 2. The maximum absolute atomic E-state index is 12.7. The lowest BCUT2D eigenvalue weighted by atomic mass is 9.88. The van der Waals surface area contributed by atoms with Crippen molar-refractivity contribution in [3.05, 3.63) is 59.9 Å². The molecular formula is C21H23N3O3. The summed E-state index contributed by atoms with van der Waals surface area (Å²) in [6.45, 7) is 3.78. The summed E-state index contributed by atoms with van der Waals surface area (Å²) in [4.78, 5) is 32.9. The molecule has 140 valence electrons. The molecule has 2 fully saturated rings. The number of aryl methyl sites for hydroxylation is 1. The van der Waals surface area contributed by atoms with Crippen LogP contribution in [0.1, 0.15) is 28.8 Å². The van der Waals surface area contributed by atoms with Gasteiger partial charge in [-0.1, -0.05) is 18.2 Å². The van der Waals surface area contributed by atoms with Crippen LogP contribution in [0.3, 0.4) is 0 Å². The Morgan fingerprint density at radius 1 is 1.15 bits per heavy atom. The predicted molar refractivity (Wildman–Crippen MR) is 102 cm³/mol. The van der Waals surface area contributed by atoms with Gasteiger partial charge in [-0.25, -0.2) is 0 Å². The molecule has 2 saturated heterocycles. The van der Waals surface area contributed by atoms with Gasteiger partial charge in [0.05, 0.1) is 17.7 Å². The van der Waals surface area contributed by atoms with Crippen LogP contribution in [0.25, 0.3) is 0 Å². The lowest BCUT2D eigenvalue weighted by Gasteiger charge is -2.47. The highest BCUT2D eigenvalue weighted by Crippen LogP contribution is 2.33. The van der Waals surface area contributed by atoms with Gasteiger partial charge in [0.15, 0.2) is 0 Å². The number of morpholine rings is 1. The molecule has 0 radical (unpaired) electrons. The Morgan fingerprint density at radius 3 is 2.59 bits per heavy atom. The van der Waals surface area contributed by atoms with E-state index in [1.54, 1.807) is 12.4 Å². The van der Waals surface area contributed by atoms with Gasteiger partial charge < -0.3 is 14.5 Å². The van der Waals surface area contributed by atoms with Gasteiger partial charge in [-0.3, -0.25) is 14.6 Å². The van der Waals surface area contributed by atoms with Crippen LogP contribution in [-0.2, 0) is 9.53 Å². The fraction of sp³-hybridized carbons (Fsp3) is 0.381. The molecule has 0 aliphatic carbocycles. The quantitative estimate of drug-likeness (QED) is 0.820. The highest BCUT2D eigenvalue weighted by Gasteiger charge is 2.43. The second kappa shape index (κ2) is 7.12. The molecule has 27 heavy (non-hydrogen) atoms. The smallest absolute Gasteiger partial charge is 0.255 e. The Morgan fingerprint density at radius 2 is 1.89 bits per heavy atom. The Kier molecular flexibility index (Phi) is 4.66. The number of amides is 2. The van der Waals surface area contributed by atoms with E-state index in [-0.39, 0.29) is 24.0 Å². The third kappa shape index (κ3) is 3.57. The van der Waals surface area contributed by atoms with E-state index in [9.17, 15) is 9.59 Å². The zero-order chi connectivity index (χ0) is 18.9. The molecule has 2 aliphatic rings. The van der Waals surface area contributed by atoms with Crippen LogP contribution in [-0.4, -0.2) is 53.5 Å². The maximum Gasteiger partial charge on any atom is 0.255 e. The van der Waals surface area contributed by atoms with Gasteiger partial charge in [0.25, 0.3) is 11.8 Å². The number of pyridine rings is 1. The van der Waals surface area contributed by atoms with E-state index in [1.165, 1.54) is 0 Å². The Labute approximate surface area is 158 Å². The number of benzene rings is 1. The van der Waals surface area contributed by atoms with Gasteiger partial charge in [0, 0.05) is 31.2 Å². The molecule has 2 aliphatic heterocycles. The van der Waals surface area contributed by atoms with Crippen molar-refractivity contribution >= 4 is 17.5 Å². The number of ether oxygens (including phenoxy) is 1. The van der Waals surface area contributed by atoms with Gasteiger partial charge >= 0.3 is 0 Å². The van der Waals surface area contributed by atoms with Crippen molar-refractivity contribution in [3.8, 4) is 0 Å². The van der Waals surface area contributed by atoms with E-state index in [0.29, 0.717) is 38.0 Å². The summed E-state index contributed by atoms with van der Waals surface area (Å²) < 4.78 is 5.98. The van der Waals surface area contributed by atoms with E-state index < -0.39 is 0 Å². The average molecular weight is 365 g/mol. The highest BCUT2D eigenvalue weighted by molar-refractivity contribution is 5.95. The van der Waals surface area contributed by atoms with Gasteiger partial charge in [-0.05, 0) is 43.5 Å². The van der Waals surface area contributed by atoms with E-state index in [2.05, 4.69) is 4.98 Å². The van der Waals surface area contributed by atoms with E-state index in [4.69, 9.17) is 4.74 Å². The SMILES string of the molecule is Cc1cncc(C(=O)N2CCC3(CC2)CN(c2ccccc2)C(=O)CO3)c1. The monoisotopic (exact) mass is 365 g/mol. The molecule has 2 amide bonds. The molecule has 1 spiro atoms. The minimum Gasteiger partial charge on any atom is -0.363 e. The highest BCUT2D eigenvalue weighted by atomic mass is 16.5. The van der Waals surface area contributed by atoms with Crippen LogP contribution in [0.2, 0.25) is 0 Å². The van der Waals surface area contributed by atoms with E-state index >= 15 is 0 Å². The number of likely N-dealkylation sites (tertiary alicyclic amines) is 1. The normalized spacial score (nSPS) is 19.4. The number of hydrogen-bond donors (Lipinski definition) is 0. The molecular weight excluding hydrogens is 342 g/mol. The van der Waals surface area contributed by atoms with Crippen LogP contribution in [0.5, 0.6) is 0 Å². The van der Waals surface area contributed by atoms with E-state index in [1.807, 2.05) is 53.1 Å². The first kappa shape index (κ1) is 17.7. The molecule has 0 N–H and O–H groups in total. The maximum atomic E-state index is 12.7. The Bertz CT molecular complexity index is 845. The lowest BCUT2D eigenvalue weighted by Crippen LogP contribution is -2.59. The number of aromatic nitrogens is 1. The molecule has 0 unspecified atom stereocenters. The van der Waals surface area contributed by atoms with Crippen LogP contribution >= 0.6 is 0 Å². The summed E-state index contributed by atoms with van der Waals surface area (Å²) in [7, 11) is 0. The zero-order valence-corrected chi connectivity index (χ0v) is 15.4. The van der Waals surface area contributed by atoms with Crippen molar-refractivity contribution in [1.82, 2.24) is 9.88 Å². The van der Waals surface area contributed by atoms with Crippen LogP contribution in [0.4, 0.5) is 5.69 Å². The standard InChI is InChI=1S/C21H23N3O3/c1-16-11-17(13-22-12-16)20(26)23-9-7-21(8-10-23)15-24(19(25)14-27-21)18-5-3-2-4-6-18/h2-6,11-13H,7-10,14-15H2,1H3. The molecule has 0 saturated carbocycles. The topological polar surface area (TPSA) is 62.7 Å². The molecule has 3 heterocycles.